The fourth-order valence-electron chi connectivity index (χ4n) is 4.71. The molecule has 0 N–H and O–H groups in total. The summed E-state index contributed by atoms with van der Waals surface area (Å²) in [5.41, 5.74) is 2.12. The fourth-order valence-corrected chi connectivity index (χ4v) is 4.71. The van der Waals surface area contributed by atoms with Gasteiger partial charge in [0.05, 0.1) is 12.3 Å². The number of ether oxygens (including phenoxy) is 1. The van der Waals surface area contributed by atoms with Gasteiger partial charge in [-0.25, -0.2) is 0 Å². The summed E-state index contributed by atoms with van der Waals surface area (Å²) in [5, 5.41) is 0. The van der Waals surface area contributed by atoms with Crippen LogP contribution in [0.25, 0.3) is 0 Å². The molecule has 2 atom stereocenters. The molecule has 0 aromatic carbocycles. The van der Waals surface area contributed by atoms with Crippen molar-refractivity contribution in [1.82, 2.24) is 24.8 Å². The average molecular weight is 415 g/mol. The van der Waals surface area contributed by atoms with Crippen LogP contribution >= 0.6 is 0 Å². The second kappa shape index (κ2) is 8.53. The largest absolute Gasteiger partial charge is 0.361 e. The standard InChI is InChI=1S/C24H25N5O2/c30-23-24(31-12-11-29(23)15-19-5-3-8-25-13-19)18-28(16-21-7-1-2-10-27-21)17-22(24)20-6-4-9-26-14-20/h1-10,13-14,22H,11-12,15-18H2/t22-,24-/m1/s1. The molecule has 1 amide bonds. The Morgan fingerprint density at radius 1 is 1.00 bits per heavy atom. The highest BCUT2D eigenvalue weighted by Crippen LogP contribution is 2.42. The third-order valence-electron chi connectivity index (χ3n) is 6.13. The molecule has 5 heterocycles. The van der Waals surface area contributed by atoms with Crippen LogP contribution in [-0.2, 0) is 22.6 Å². The van der Waals surface area contributed by atoms with Gasteiger partial charge in [-0.1, -0.05) is 18.2 Å². The van der Waals surface area contributed by atoms with Gasteiger partial charge in [-0.3, -0.25) is 24.6 Å². The van der Waals surface area contributed by atoms with E-state index in [0.29, 0.717) is 32.8 Å². The van der Waals surface area contributed by atoms with Crippen LogP contribution in [-0.4, -0.2) is 62.5 Å². The van der Waals surface area contributed by atoms with Crippen LogP contribution in [0.15, 0.2) is 73.4 Å². The van der Waals surface area contributed by atoms with Gasteiger partial charge in [0, 0.05) is 69.6 Å². The molecule has 1 spiro atoms. The van der Waals surface area contributed by atoms with E-state index in [0.717, 1.165) is 23.4 Å². The quantitative estimate of drug-likeness (QED) is 0.637. The van der Waals surface area contributed by atoms with Crippen molar-refractivity contribution < 1.29 is 9.53 Å². The molecule has 2 saturated heterocycles. The van der Waals surface area contributed by atoms with E-state index in [4.69, 9.17) is 4.74 Å². The van der Waals surface area contributed by atoms with Gasteiger partial charge in [0.1, 0.15) is 0 Å². The molecule has 0 radical (unpaired) electrons. The van der Waals surface area contributed by atoms with Crippen LogP contribution in [0.2, 0.25) is 0 Å². The topological polar surface area (TPSA) is 71.5 Å². The minimum Gasteiger partial charge on any atom is -0.361 e. The number of amides is 1. The molecule has 7 heteroatoms. The van der Waals surface area contributed by atoms with Gasteiger partial charge in [-0.05, 0) is 35.4 Å². The number of carbonyl (C=O) groups excluding carboxylic acids is 1. The van der Waals surface area contributed by atoms with Crippen LogP contribution in [0, 0.1) is 0 Å². The van der Waals surface area contributed by atoms with Crippen LogP contribution in [0.5, 0.6) is 0 Å². The summed E-state index contributed by atoms with van der Waals surface area (Å²) in [6.07, 6.45) is 8.98. The fraction of sp³-hybridized carbons (Fsp3) is 0.333. The molecule has 0 bridgehead atoms. The zero-order valence-electron chi connectivity index (χ0n) is 17.3. The van der Waals surface area contributed by atoms with Crippen molar-refractivity contribution in [2.75, 3.05) is 26.2 Å². The maximum atomic E-state index is 13.9. The summed E-state index contributed by atoms with van der Waals surface area (Å²) in [7, 11) is 0. The van der Waals surface area contributed by atoms with Crippen molar-refractivity contribution in [3.05, 3.63) is 90.3 Å². The number of carbonyl (C=O) groups is 1. The SMILES string of the molecule is O=C1N(Cc2cccnc2)CCO[C@@]12CN(Cc1ccccn1)C[C@@H]2c1cccnc1. The van der Waals surface area contributed by atoms with Gasteiger partial charge >= 0.3 is 0 Å². The lowest BCUT2D eigenvalue weighted by atomic mass is 9.83. The number of hydrogen-bond acceptors (Lipinski definition) is 6. The number of pyridine rings is 3. The Balaban J connectivity index is 1.45. The molecule has 0 saturated carbocycles. The van der Waals surface area contributed by atoms with Crippen molar-refractivity contribution in [3.8, 4) is 0 Å². The first kappa shape index (κ1) is 19.8. The zero-order chi connectivity index (χ0) is 21.1. The smallest absolute Gasteiger partial charge is 0.257 e. The highest BCUT2D eigenvalue weighted by molar-refractivity contribution is 5.88. The number of aromatic nitrogens is 3. The maximum Gasteiger partial charge on any atom is 0.257 e. The van der Waals surface area contributed by atoms with E-state index < -0.39 is 5.60 Å². The minimum atomic E-state index is -0.918. The molecule has 31 heavy (non-hydrogen) atoms. The summed E-state index contributed by atoms with van der Waals surface area (Å²) < 4.78 is 6.34. The average Bonchev–Trinajstić information content (AvgIpc) is 3.17. The lowest BCUT2D eigenvalue weighted by Gasteiger charge is -2.42. The lowest BCUT2D eigenvalue weighted by molar-refractivity contribution is -0.173. The van der Waals surface area contributed by atoms with Gasteiger partial charge in [-0.15, -0.1) is 0 Å². The van der Waals surface area contributed by atoms with E-state index in [-0.39, 0.29) is 11.8 Å². The maximum absolute atomic E-state index is 13.9. The predicted octanol–water partition coefficient (Wildman–Crippen LogP) is 2.27. The van der Waals surface area contributed by atoms with E-state index in [1.54, 1.807) is 18.6 Å². The molecule has 7 nitrogen and oxygen atoms in total. The molecule has 158 valence electrons. The van der Waals surface area contributed by atoms with E-state index in [1.165, 1.54) is 0 Å². The zero-order valence-corrected chi connectivity index (χ0v) is 17.3. The Morgan fingerprint density at radius 3 is 2.61 bits per heavy atom. The first-order valence-electron chi connectivity index (χ1n) is 10.6. The Morgan fingerprint density at radius 2 is 1.87 bits per heavy atom. The highest BCUT2D eigenvalue weighted by Gasteiger charge is 2.57. The number of nitrogens with zero attached hydrogens (tertiary/aromatic N) is 5. The Kier molecular flexibility index (Phi) is 5.44. The molecule has 2 fully saturated rings. The summed E-state index contributed by atoms with van der Waals surface area (Å²) in [5.74, 6) is -0.0471. The summed E-state index contributed by atoms with van der Waals surface area (Å²) >= 11 is 0. The molecule has 5 rings (SSSR count). The predicted molar refractivity (Wildman–Crippen MR) is 115 cm³/mol. The van der Waals surface area contributed by atoms with Crippen molar-refractivity contribution >= 4 is 5.91 Å². The minimum absolute atomic E-state index is 0.0416. The molecular formula is C24H25N5O2. The monoisotopic (exact) mass is 415 g/mol. The molecule has 2 aliphatic heterocycles. The number of likely N-dealkylation sites (tertiary alicyclic amines) is 1. The molecular weight excluding hydrogens is 390 g/mol. The van der Waals surface area contributed by atoms with Crippen molar-refractivity contribution in [2.45, 2.75) is 24.6 Å². The Bertz CT molecular complexity index is 1020. The van der Waals surface area contributed by atoms with Crippen molar-refractivity contribution in [2.24, 2.45) is 0 Å². The van der Waals surface area contributed by atoms with E-state index in [2.05, 4.69) is 19.9 Å². The lowest BCUT2D eigenvalue weighted by Crippen LogP contribution is -2.59. The summed E-state index contributed by atoms with van der Waals surface area (Å²) in [6, 6.07) is 13.8. The van der Waals surface area contributed by atoms with Gasteiger partial charge in [0.25, 0.3) is 5.91 Å². The molecule has 3 aromatic rings. The van der Waals surface area contributed by atoms with Gasteiger partial charge in [0.15, 0.2) is 5.60 Å². The molecule has 2 aliphatic rings. The summed E-state index contributed by atoms with van der Waals surface area (Å²) in [6.45, 7) is 3.56. The first-order valence-corrected chi connectivity index (χ1v) is 10.6. The van der Waals surface area contributed by atoms with Crippen LogP contribution in [0.3, 0.4) is 0 Å². The normalized spacial score (nSPS) is 24.1. The van der Waals surface area contributed by atoms with Crippen molar-refractivity contribution in [1.29, 1.82) is 0 Å². The van der Waals surface area contributed by atoms with E-state index in [1.807, 2.05) is 59.8 Å². The van der Waals surface area contributed by atoms with Gasteiger partial charge < -0.3 is 9.64 Å². The van der Waals surface area contributed by atoms with E-state index in [9.17, 15) is 4.79 Å². The number of hydrogen-bond donors (Lipinski definition) is 0. The Hall–Kier alpha value is -3.16. The van der Waals surface area contributed by atoms with E-state index >= 15 is 0 Å². The first-order chi connectivity index (χ1) is 15.2. The highest BCUT2D eigenvalue weighted by atomic mass is 16.5. The Labute approximate surface area is 181 Å². The molecule has 0 aliphatic carbocycles. The second-order valence-electron chi connectivity index (χ2n) is 8.16. The molecule has 0 unspecified atom stereocenters. The third kappa shape index (κ3) is 3.94. The van der Waals surface area contributed by atoms with Crippen LogP contribution in [0.1, 0.15) is 22.7 Å². The second-order valence-corrected chi connectivity index (χ2v) is 8.16. The van der Waals surface area contributed by atoms with Crippen molar-refractivity contribution in [3.63, 3.8) is 0 Å². The number of morpholine rings is 1. The third-order valence-corrected chi connectivity index (χ3v) is 6.13. The van der Waals surface area contributed by atoms with Gasteiger partial charge in [-0.2, -0.15) is 0 Å². The molecule has 3 aromatic heterocycles. The van der Waals surface area contributed by atoms with Crippen LogP contribution in [0.4, 0.5) is 0 Å². The van der Waals surface area contributed by atoms with Gasteiger partial charge in [0.2, 0.25) is 0 Å². The van der Waals surface area contributed by atoms with Crippen LogP contribution < -0.4 is 0 Å². The summed E-state index contributed by atoms with van der Waals surface area (Å²) in [4.78, 5) is 31.0. The number of rotatable bonds is 5.